The second-order valence-corrected chi connectivity index (χ2v) is 8.42. The molecule has 3 heterocycles. The van der Waals surface area contributed by atoms with Crippen LogP contribution >= 0.6 is 0 Å². The van der Waals surface area contributed by atoms with Gasteiger partial charge in [-0.1, -0.05) is 0 Å². The Morgan fingerprint density at radius 3 is 2.58 bits per heavy atom. The topological polar surface area (TPSA) is 65.8 Å². The molecule has 0 radical (unpaired) electrons. The Hall–Kier alpha value is -3.00. The lowest BCUT2D eigenvalue weighted by Crippen LogP contribution is -2.42. The van der Waals surface area contributed by atoms with Crippen LogP contribution in [-0.4, -0.2) is 65.7 Å². The van der Waals surface area contributed by atoms with Crippen LogP contribution in [0.4, 0.5) is 10.2 Å². The number of hydrogen-bond acceptors (Lipinski definition) is 5. The van der Waals surface area contributed by atoms with Gasteiger partial charge in [0.25, 0.3) is 0 Å². The van der Waals surface area contributed by atoms with Gasteiger partial charge in [0.1, 0.15) is 11.6 Å². The van der Waals surface area contributed by atoms with Crippen LogP contribution in [0.15, 0.2) is 36.4 Å². The van der Waals surface area contributed by atoms with Crippen molar-refractivity contribution in [1.82, 2.24) is 24.8 Å². The third kappa shape index (κ3) is 4.85. The first kappa shape index (κ1) is 21.2. The maximum absolute atomic E-state index is 13.3. The monoisotopic (exact) mass is 424 g/mol. The summed E-state index contributed by atoms with van der Waals surface area (Å²) in [5.41, 5.74) is 3.28. The third-order valence-electron chi connectivity index (χ3n) is 5.72. The number of hydrogen-bond donors (Lipinski definition) is 1. The van der Waals surface area contributed by atoms with Crippen molar-refractivity contribution >= 4 is 17.4 Å². The van der Waals surface area contributed by atoms with E-state index in [1.165, 1.54) is 12.1 Å². The second kappa shape index (κ2) is 9.01. The molecule has 7 nitrogen and oxygen atoms in total. The highest BCUT2D eigenvalue weighted by molar-refractivity contribution is 5.79. The normalized spacial score (nSPS) is 15.1. The van der Waals surface area contributed by atoms with Gasteiger partial charge in [-0.15, -0.1) is 0 Å². The van der Waals surface area contributed by atoms with E-state index in [9.17, 15) is 9.18 Å². The van der Waals surface area contributed by atoms with Crippen molar-refractivity contribution in [3.63, 3.8) is 0 Å². The van der Waals surface area contributed by atoms with Gasteiger partial charge in [-0.2, -0.15) is 9.61 Å². The molecule has 164 valence electrons. The van der Waals surface area contributed by atoms with Crippen molar-refractivity contribution < 1.29 is 9.18 Å². The number of aromatic nitrogens is 3. The largest absolute Gasteiger partial charge is 0.356 e. The first-order valence-electron chi connectivity index (χ1n) is 10.7. The predicted molar refractivity (Wildman–Crippen MR) is 120 cm³/mol. The highest BCUT2D eigenvalue weighted by atomic mass is 19.1. The summed E-state index contributed by atoms with van der Waals surface area (Å²) in [5, 5.41) is 7.80. The van der Waals surface area contributed by atoms with E-state index in [1.54, 1.807) is 12.1 Å². The molecule has 0 saturated carbocycles. The van der Waals surface area contributed by atoms with Crippen LogP contribution in [0.3, 0.4) is 0 Å². The smallest absolute Gasteiger partial charge is 0.223 e. The second-order valence-electron chi connectivity index (χ2n) is 8.42. The molecule has 1 fully saturated rings. The molecule has 0 spiro atoms. The predicted octanol–water partition coefficient (Wildman–Crippen LogP) is 2.74. The van der Waals surface area contributed by atoms with Crippen molar-refractivity contribution in [3.8, 4) is 11.3 Å². The number of carbonyl (C=O) groups excluding carboxylic acids is 1. The molecule has 1 saturated heterocycles. The molecule has 0 bridgehead atoms. The van der Waals surface area contributed by atoms with E-state index in [2.05, 4.69) is 20.1 Å². The highest BCUT2D eigenvalue weighted by Crippen LogP contribution is 2.27. The van der Waals surface area contributed by atoms with Crippen molar-refractivity contribution in [1.29, 1.82) is 0 Å². The van der Waals surface area contributed by atoms with E-state index in [0.29, 0.717) is 6.54 Å². The van der Waals surface area contributed by atoms with E-state index < -0.39 is 0 Å². The molecule has 2 aromatic heterocycles. The van der Waals surface area contributed by atoms with Gasteiger partial charge < -0.3 is 15.1 Å². The van der Waals surface area contributed by atoms with Gasteiger partial charge in [-0.3, -0.25) is 4.79 Å². The van der Waals surface area contributed by atoms with Crippen molar-refractivity contribution in [2.24, 2.45) is 5.92 Å². The van der Waals surface area contributed by atoms with Crippen LogP contribution in [0.25, 0.3) is 16.9 Å². The number of anilines is 1. The van der Waals surface area contributed by atoms with Gasteiger partial charge in [0.2, 0.25) is 5.91 Å². The number of fused-ring (bicyclic) bond motifs is 1. The maximum atomic E-state index is 13.3. The molecule has 8 heteroatoms. The number of carbonyl (C=O) groups is 1. The standard InChI is InChI=1S/C23H29FN6O/c1-16-14-22(29-11-8-18(9-12-29)23(31)25-10-13-28(2)3)30-21(26-16)15-20(27-30)17-4-6-19(24)7-5-17/h4-7,14-15,18H,8-13H2,1-3H3,(H,25,31). The molecule has 1 amide bonds. The number of benzene rings is 1. The van der Waals surface area contributed by atoms with Gasteiger partial charge in [0.15, 0.2) is 5.65 Å². The van der Waals surface area contributed by atoms with Crippen molar-refractivity contribution in [3.05, 3.63) is 47.9 Å². The average Bonchev–Trinajstić information content (AvgIpc) is 3.17. The van der Waals surface area contributed by atoms with Crippen LogP contribution in [0.5, 0.6) is 0 Å². The number of piperidine rings is 1. The summed E-state index contributed by atoms with van der Waals surface area (Å²) in [6.07, 6.45) is 1.62. The summed E-state index contributed by atoms with van der Waals surface area (Å²) in [6.45, 7) is 5.06. The Balaban J connectivity index is 1.49. The molecule has 1 N–H and O–H groups in total. The number of nitrogens with zero attached hydrogens (tertiary/aromatic N) is 5. The van der Waals surface area contributed by atoms with Crippen molar-refractivity contribution in [2.75, 3.05) is 45.2 Å². The van der Waals surface area contributed by atoms with Crippen LogP contribution < -0.4 is 10.2 Å². The van der Waals surface area contributed by atoms with E-state index >= 15 is 0 Å². The molecule has 0 unspecified atom stereocenters. The van der Waals surface area contributed by atoms with Gasteiger partial charge in [0, 0.05) is 55.5 Å². The number of halogens is 1. The Kier molecular flexibility index (Phi) is 6.18. The molecule has 0 aliphatic carbocycles. The molecule has 4 rings (SSSR count). The Bertz CT molecular complexity index is 1050. The highest BCUT2D eigenvalue weighted by Gasteiger charge is 2.26. The van der Waals surface area contributed by atoms with Gasteiger partial charge in [0.05, 0.1) is 5.69 Å². The molecule has 3 aromatic rings. The zero-order valence-electron chi connectivity index (χ0n) is 18.3. The fourth-order valence-electron chi connectivity index (χ4n) is 3.99. The lowest BCUT2D eigenvalue weighted by molar-refractivity contribution is -0.125. The van der Waals surface area contributed by atoms with Gasteiger partial charge >= 0.3 is 0 Å². The molecular weight excluding hydrogens is 395 g/mol. The fraction of sp³-hybridized carbons (Fsp3) is 0.435. The zero-order valence-corrected chi connectivity index (χ0v) is 18.3. The zero-order chi connectivity index (χ0) is 22.0. The van der Waals surface area contributed by atoms with E-state index in [0.717, 1.165) is 60.9 Å². The maximum Gasteiger partial charge on any atom is 0.223 e. The summed E-state index contributed by atoms with van der Waals surface area (Å²) in [4.78, 5) is 21.4. The Morgan fingerprint density at radius 1 is 1.19 bits per heavy atom. The quantitative estimate of drug-likeness (QED) is 0.659. The van der Waals surface area contributed by atoms with E-state index in [4.69, 9.17) is 5.10 Å². The lowest BCUT2D eigenvalue weighted by Gasteiger charge is -2.33. The molecule has 0 atom stereocenters. The molecular formula is C23H29FN6O. The lowest BCUT2D eigenvalue weighted by atomic mass is 9.96. The van der Waals surface area contributed by atoms with Crippen LogP contribution in [-0.2, 0) is 4.79 Å². The summed E-state index contributed by atoms with van der Waals surface area (Å²) < 4.78 is 15.1. The Labute approximate surface area is 181 Å². The minimum atomic E-state index is -0.268. The minimum absolute atomic E-state index is 0.0456. The minimum Gasteiger partial charge on any atom is -0.356 e. The number of amides is 1. The van der Waals surface area contributed by atoms with Gasteiger partial charge in [-0.05, 0) is 58.1 Å². The number of rotatable bonds is 6. The van der Waals surface area contributed by atoms with Crippen LogP contribution in [0, 0.1) is 18.7 Å². The summed E-state index contributed by atoms with van der Waals surface area (Å²) >= 11 is 0. The van der Waals surface area contributed by atoms with Crippen molar-refractivity contribution in [2.45, 2.75) is 19.8 Å². The molecule has 1 aliphatic rings. The summed E-state index contributed by atoms with van der Waals surface area (Å²) in [7, 11) is 4.00. The number of aryl methyl sites for hydroxylation is 1. The average molecular weight is 425 g/mol. The SMILES string of the molecule is Cc1cc(N2CCC(C(=O)NCCN(C)C)CC2)n2nc(-c3ccc(F)cc3)cc2n1. The van der Waals surface area contributed by atoms with Crippen LogP contribution in [0.2, 0.25) is 0 Å². The van der Waals surface area contributed by atoms with E-state index in [-0.39, 0.29) is 17.6 Å². The number of nitrogens with one attached hydrogen (secondary N) is 1. The van der Waals surface area contributed by atoms with Crippen LogP contribution in [0.1, 0.15) is 18.5 Å². The summed E-state index contributed by atoms with van der Waals surface area (Å²) in [6, 6.07) is 10.3. The molecule has 1 aliphatic heterocycles. The van der Waals surface area contributed by atoms with E-state index in [1.807, 2.05) is 37.7 Å². The first-order valence-corrected chi connectivity index (χ1v) is 10.7. The third-order valence-corrected chi connectivity index (χ3v) is 5.72. The van der Waals surface area contributed by atoms with Gasteiger partial charge in [-0.25, -0.2) is 9.37 Å². The Morgan fingerprint density at radius 2 is 1.90 bits per heavy atom. The summed E-state index contributed by atoms with van der Waals surface area (Å²) in [5.74, 6) is 0.901. The fourth-order valence-corrected chi connectivity index (χ4v) is 3.99. The number of likely N-dealkylation sites (N-methyl/N-ethyl adjacent to an activating group) is 1. The first-order chi connectivity index (χ1) is 14.9. The molecule has 31 heavy (non-hydrogen) atoms. The molecule has 1 aromatic carbocycles.